The Morgan fingerprint density at radius 3 is 2.93 bits per heavy atom. The van der Waals surface area contributed by atoms with Crippen molar-refractivity contribution in [1.82, 2.24) is 5.43 Å². The van der Waals surface area contributed by atoms with Crippen molar-refractivity contribution in [3.05, 3.63) is 36.0 Å². The minimum absolute atomic E-state index is 0.368. The molecule has 0 radical (unpaired) electrons. The summed E-state index contributed by atoms with van der Waals surface area (Å²) in [6.07, 6.45) is 8.26. The third-order valence-corrected chi connectivity index (χ3v) is 1.96. The number of nitriles is 1. The van der Waals surface area contributed by atoms with E-state index in [-0.39, 0.29) is 5.91 Å². The molecule has 1 unspecified atom stereocenters. The van der Waals surface area contributed by atoms with Crippen LogP contribution in [0.3, 0.4) is 0 Å². The predicted octanol–water partition coefficient (Wildman–Crippen LogP) is 0.559. The summed E-state index contributed by atoms with van der Waals surface area (Å²) >= 11 is 0. The summed E-state index contributed by atoms with van der Waals surface area (Å²) in [6, 6.07) is 2.13. The lowest BCUT2D eigenvalue weighted by molar-refractivity contribution is -0.117. The van der Waals surface area contributed by atoms with Gasteiger partial charge in [0.05, 0.1) is 11.5 Å². The average molecular weight is 189 g/mol. The van der Waals surface area contributed by atoms with Crippen LogP contribution in [-0.2, 0) is 4.79 Å². The maximum atomic E-state index is 11.1. The van der Waals surface area contributed by atoms with Crippen LogP contribution in [0.15, 0.2) is 36.0 Å². The zero-order chi connectivity index (χ0) is 10.6. The number of nitrogens with one attached hydrogen (secondary N) is 1. The topological polar surface area (TPSA) is 78.9 Å². The molecule has 1 aliphatic rings. The molecular formula is C10H11N3O. The summed E-state index contributed by atoms with van der Waals surface area (Å²) in [4.78, 5) is 11.1. The van der Waals surface area contributed by atoms with Gasteiger partial charge in [-0.15, -0.1) is 0 Å². The van der Waals surface area contributed by atoms with E-state index in [4.69, 9.17) is 11.1 Å². The number of carbonyl (C=O) groups excluding carboxylic acids is 1. The van der Waals surface area contributed by atoms with Crippen molar-refractivity contribution in [2.75, 3.05) is 0 Å². The first-order chi connectivity index (χ1) is 6.61. The van der Waals surface area contributed by atoms with Gasteiger partial charge in [-0.2, -0.15) is 5.26 Å². The highest BCUT2D eigenvalue weighted by Gasteiger charge is 2.18. The Bertz CT molecular complexity index is 373. The van der Waals surface area contributed by atoms with E-state index < -0.39 is 5.41 Å². The highest BCUT2D eigenvalue weighted by molar-refractivity contribution is 5.96. The van der Waals surface area contributed by atoms with Gasteiger partial charge in [0.1, 0.15) is 0 Å². The standard InChI is InChI=1S/C10H11N3O/c1-10(7-11)5-2-3-8(4-6-10)9(14)13-12/h2-6H,12H2,1H3,(H,13,14). The molecule has 0 aromatic heterocycles. The quantitative estimate of drug-likeness (QED) is 0.359. The molecule has 0 aromatic rings. The Labute approximate surface area is 82.4 Å². The smallest absolute Gasteiger partial charge is 0.265 e. The fraction of sp³-hybridized carbons (Fsp3) is 0.200. The molecule has 72 valence electrons. The summed E-state index contributed by atoms with van der Waals surface area (Å²) in [5.74, 6) is 4.62. The molecule has 1 rings (SSSR count). The van der Waals surface area contributed by atoms with Gasteiger partial charge in [-0.3, -0.25) is 10.2 Å². The van der Waals surface area contributed by atoms with Crippen LogP contribution in [0.5, 0.6) is 0 Å². The molecule has 3 N–H and O–H groups in total. The van der Waals surface area contributed by atoms with Crippen molar-refractivity contribution in [2.24, 2.45) is 11.3 Å². The molecule has 1 amide bonds. The molecule has 0 spiro atoms. The van der Waals surface area contributed by atoms with Gasteiger partial charge < -0.3 is 0 Å². The first-order valence-electron chi connectivity index (χ1n) is 4.12. The molecule has 0 bridgehead atoms. The van der Waals surface area contributed by atoms with E-state index in [0.29, 0.717) is 5.57 Å². The number of hydrazine groups is 1. The van der Waals surface area contributed by atoms with E-state index in [9.17, 15) is 4.79 Å². The fourth-order valence-electron chi connectivity index (χ4n) is 1.03. The normalized spacial score (nSPS) is 24.8. The lowest BCUT2D eigenvalue weighted by Gasteiger charge is -2.08. The Hall–Kier alpha value is -1.86. The first kappa shape index (κ1) is 10.2. The van der Waals surface area contributed by atoms with Gasteiger partial charge in [0.25, 0.3) is 5.91 Å². The van der Waals surface area contributed by atoms with Gasteiger partial charge in [0, 0.05) is 5.57 Å². The van der Waals surface area contributed by atoms with Gasteiger partial charge in [0.15, 0.2) is 0 Å². The first-order valence-corrected chi connectivity index (χ1v) is 4.12. The van der Waals surface area contributed by atoms with E-state index in [1.807, 2.05) is 5.43 Å². The second-order valence-corrected chi connectivity index (χ2v) is 3.18. The molecule has 0 heterocycles. The summed E-state index contributed by atoms with van der Waals surface area (Å²) < 4.78 is 0. The summed E-state index contributed by atoms with van der Waals surface area (Å²) in [5.41, 5.74) is 1.81. The van der Waals surface area contributed by atoms with Crippen molar-refractivity contribution < 1.29 is 4.79 Å². The molecule has 4 nitrogen and oxygen atoms in total. The summed E-state index contributed by atoms with van der Waals surface area (Å²) in [5, 5.41) is 8.86. The lowest BCUT2D eigenvalue weighted by atomic mass is 9.92. The number of carbonyl (C=O) groups is 1. The predicted molar refractivity (Wildman–Crippen MR) is 52.4 cm³/mol. The van der Waals surface area contributed by atoms with Gasteiger partial charge in [-0.05, 0) is 13.0 Å². The molecule has 1 aliphatic carbocycles. The number of allylic oxidation sites excluding steroid dienone is 4. The van der Waals surface area contributed by atoms with Crippen LogP contribution >= 0.6 is 0 Å². The zero-order valence-corrected chi connectivity index (χ0v) is 7.82. The Balaban J connectivity index is 2.96. The maximum absolute atomic E-state index is 11.1. The molecule has 0 aromatic carbocycles. The van der Waals surface area contributed by atoms with Gasteiger partial charge in [-0.1, -0.05) is 24.3 Å². The number of nitrogens with two attached hydrogens (primary N) is 1. The molecule has 0 saturated carbocycles. The summed E-state index contributed by atoms with van der Waals surface area (Å²) in [6.45, 7) is 1.76. The van der Waals surface area contributed by atoms with Crippen molar-refractivity contribution >= 4 is 5.91 Å². The van der Waals surface area contributed by atoms with Crippen LogP contribution in [0, 0.1) is 16.7 Å². The maximum Gasteiger partial charge on any atom is 0.265 e. The van der Waals surface area contributed by atoms with Crippen molar-refractivity contribution in [3.8, 4) is 6.07 Å². The minimum Gasteiger partial charge on any atom is -0.290 e. The lowest BCUT2D eigenvalue weighted by Crippen LogP contribution is -2.30. The third kappa shape index (κ3) is 2.09. The fourth-order valence-corrected chi connectivity index (χ4v) is 1.03. The molecule has 0 saturated heterocycles. The SMILES string of the molecule is CC1(C#N)C=CC=C(C(=O)NN)C=C1. The van der Waals surface area contributed by atoms with E-state index in [0.717, 1.165) is 0 Å². The largest absolute Gasteiger partial charge is 0.290 e. The van der Waals surface area contributed by atoms with E-state index in [1.54, 1.807) is 37.3 Å². The van der Waals surface area contributed by atoms with E-state index >= 15 is 0 Å². The third-order valence-electron chi connectivity index (χ3n) is 1.96. The zero-order valence-electron chi connectivity index (χ0n) is 7.82. The Morgan fingerprint density at radius 2 is 2.36 bits per heavy atom. The molecular weight excluding hydrogens is 178 g/mol. The van der Waals surface area contributed by atoms with Gasteiger partial charge in [0.2, 0.25) is 0 Å². The molecule has 0 aliphatic heterocycles. The molecule has 0 fully saturated rings. The highest BCUT2D eigenvalue weighted by Crippen LogP contribution is 2.22. The number of amides is 1. The second-order valence-electron chi connectivity index (χ2n) is 3.18. The number of rotatable bonds is 1. The summed E-state index contributed by atoms with van der Waals surface area (Å²) in [7, 11) is 0. The van der Waals surface area contributed by atoms with Crippen LogP contribution < -0.4 is 11.3 Å². The molecule has 4 heteroatoms. The van der Waals surface area contributed by atoms with E-state index in [2.05, 4.69) is 6.07 Å². The number of hydrogen-bond donors (Lipinski definition) is 2. The van der Waals surface area contributed by atoms with Crippen molar-refractivity contribution in [2.45, 2.75) is 6.92 Å². The van der Waals surface area contributed by atoms with Crippen molar-refractivity contribution in [3.63, 3.8) is 0 Å². The Morgan fingerprint density at radius 1 is 1.64 bits per heavy atom. The van der Waals surface area contributed by atoms with Crippen LogP contribution in [0.4, 0.5) is 0 Å². The number of hydrogen-bond acceptors (Lipinski definition) is 3. The van der Waals surface area contributed by atoms with E-state index in [1.165, 1.54) is 0 Å². The number of nitrogens with zero attached hydrogens (tertiary/aromatic N) is 1. The van der Waals surface area contributed by atoms with Gasteiger partial charge in [-0.25, -0.2) is 5.84 Å². The van der Waals surface area contributed by atoms with Gasteiger partial charge >= 0.3 is 0 Å². The highest BCUT2D eigenvalue weighted by atomic mass is 16.2. The monoisotopic (exact) mass is 189 g/mol. The van der Waals surface area contributed by atoms with Crippen LogP contribution in [0.1, 0.15) is 6.92 Å². The molecule has 1 atom stereocenters. The van der Waals surface area contributed by atoms with Crippen LogP contribution in [-0.4, -0.2) is 5.91 Å². The van der Waals surface area contributed by atoms with Crippen LogP contribution in [0.25, 0.3) is 0 Å². The molecule has 14 heavy (non-hydrogen) atoms. The van der Waals surface area contributed by atoms with Crippen LogP contribution in [0.2, 0.25) is 0 Å². The minimum atomic E-state index is -0.660. The Kier molecular flexibility index (Phi) is 2.85. The van der Waals surface area contributed by atoms with Crippen molar-refractivity contribution in [1.29, 1.82) is 5.26 Å². The second kappa shape index (κ2) is 3.90. The average Bonchev–Trinajstić information content (AvgIpc) is 2.40.